The molecule has 0 spiro atoms. The van der Waals surface area contributed by atoms with Crippen LogP contribution in [0.3, 0.4) is 0 Å². The summed E-state index contributed by atoms with van der Waals surface area (Å²) in [6, 6.07) is 8.12. The van der Waals surface area contributed by atoms with Crippen LogP contribution in [0.5, 0.6) is 5.75 Å². The van der Waals surface area contributed by atoms with E-state index in [9.17, 15) is 5.11 Å². The molecule has 13 heavy (non-hydrogen) atoms. The van der Waals surface area contributed by atoms with Crippen molar-refractivity contribution in [2.75, 3.05) is 11.4 Å². The third-order valence-corrected chi connectivity index (χ3v) is 2.71. The zero-order chi connectivity index (χ0) is 9.26. The second-order valence-corrected chi connectivity index (χ2v) is 3.70. The minimum Gasteiger partial charge on any atom is -0.508 e. The lowest BCUT2D eigenvalue weighted by atomic mass is 10.2. The number of rotatable bonds is 1. The SMILES string of the molecule is CC1CCCN1c1cccc(O)c1. The van der Waals surface area contributed by atoms with Crippen molar-refractivity contribution in [1.82, 2.24) is 0 Å². The number of aromatic hydroxyl groups is 1. The van der Waals surface area contributed by atoms with E-state index in [-0.39, 0.29) is 0 Å². The van der Waals surface area contributed by atoms with Gasteiger partial charge in [-0.05, 0) is 31.9 Å². The lowest BCUT2D eigenvalue weighted by molar-refractivity contribution is 0.475. The molecule has 2 heteroatoms. The Hall–Kier alpha value is -1.18. The monoisotopic (exact) mass is 177 g/mol. The van der Waals surface area contributed by atoms with Gasteiger partial charge in [-0.15, -0.1) is 0 Å². The van der Waals surface area contributed by atoms with Gasteiger partial charge < -0.3 is 10.0 Å². The highest BCUT2D eigenvalue weighted by molar-refractivity contribution is 5.51. The van der Waals surface area contributed by atoms with E-state index in [2.05, 4.69) is 17.9 Å². The van der Waals surface area contributed by atoms with Crippen LogP contribution < -0.4 is 4.90 Å². The summed E-state index contributed by atoms with van der Waals surface area (Å²) in [4.78, 5) is 2.35. The summed E-state index contributed by atoms with van der Waals surface area (Å²) in [7, 11) is 0. The van der Waals surface area contributed by atoms with E-state index in [1.54, 1.807) is 6.07 Å². The van der Waals surface area contributed by atoms with Crippen LogP contribution in [0, 0.1) is 0 Å². The second-order valence-electron chi connectivity index (χ2n) is 3.70. The van der Waals surface area contributed by atoms with Gasteiger partial charge >= 0.3 is 0 Å². The molecule has 1 aliphatic rings. The minimum absolute atomic E-state index is 0.358. The molecule has 2 rings (SSSR count). The standard InChI is InChI=1S/C11H15NO/c1-9-4-3-7-12(9)10-5-2-6-11(13)8-10/h2,5-6,8-9,13H,3-4,7H2,1H3. The molecular formula is C11H15NO. The first-order valence-corrected chi connectivity index (χ1v) is 4.83. The van der Waals surface area contributed by atoms with Crippen LogP contribution in [-0.2, 0) is 0 Å². The third kappa shape index (κ3) is 1.62. The summed E-state index contributed by atoms with van der Waals surface area (Å²) in [5, 5.41) is 9.33. The number of phenolic OH excluding ortho intramolecular Hbond substituents is 1. The Morgan fingerprint density at radius 2 is 2.31 bits per heavy atom. The Bertz CT molecular complexity index is 298. The van der Waals surface area contributed by atoms with E-state index in [4.69, 9.17) is 0 Å². The molecule has 1 heterocycles. The van der Waals surface area contributed by atoms with Crippen molar-refractivity contribution >= 4 is 5.69 Å². The Balaban J connectivity index is 2.24. The average molecular weight is 177 g/mol. The number of nitrogens with zero attached hydrogens (tertiary/aromatic N) is 1. The van der Waals surface area contributed by atoms with Gasteiger partial charge in [-0.2, -0.15) is 0 Å². The van der Waals surface area contributed by atoms with Crippen LogP contribution >= 0.6 is 0 Å². The quantitative estimate of drug-likeness (QED) is 0.712. The van der Waals surface area contributed by atoms with Gasteiger partial charge in [0, 0.05) is 24.3 Å². The van der Waals surface area contributed by atoms with Gasteiger partial charge in [-0.3, -0.25) is 0 Å². The highest BCUT2D eigenvalue weighted by atomic mass is 16.3. The minimum atomic E-state index is 0.358. The second kappa shape index (κ2) is 3.29. The lowest BCUT2D eigenvalue weighted by Crippen LogP contribution is -2.25. The number of hydrogen-bond acceptors (Lipinski definition) is 2. The van der Waals surface area contributed by atoms with Gasteiger partial charge in [0.05, 0.1) is 0 Å². The maximum Gasteiger partial charge on any atom is 0.117 e. The van der Waals surface area contributed by atoms with Gasteiger partial charge in [0.15, 0.2) is 0 Å². The molecule has 1 aromatic carbocycles. The van der Waals surface area contributed by atoms with Crippen LogP contribution in [0.1, 0.15) is 19.8 Å². The van der Waals surface area contributed by atoms with E-state index in [1.807, 2.05) is 12.1 Å². The topological polar surface area (TPSA) is 23.5 Å². The molecule has 0 radical (unpaired) electrons. The smallest absolute Gasteiger partial charge is 0.117 e. The van der Waals surface area contributed by atoms with Gasteiger partial charge in [0.2, 0.25) is 0 Å². The normalized spacial score (nSPS) is 22.2. The molecule has 1 fully saturated rings. The summed E-state index contributed by atoms with van der Waals surface area (Å²) in [6.07, 6.45) is 2.52. The van der Waals surface area contributed by atoms with E-state index in [0.29, 0.717) is 11.8 Å². The fourth-order valence-corrected chi connectivity index (χ4v) is 1.99. The summed E-state index contributed by atoms with van der Waals surface area (Å²) >= 11 is 0. The van der Waals surface area contributed by atoms with Crippen molar-refractivity contribution < 1.29 is 5.11 Å². The van der Waals surface area contributed by atoms with Crippen molar-refractivity contribution in [1.29, 1.82) is 0 Å². The van der Waals surface area contributed by atoms with E-state index >= 15 is 0 Å². The largest absolute Gasteiger partial charge is 0.508 e. The van der Waals surface area contributed by atoms with Crippen LogP contribution in [0.2, 0.25) is 0 Å². The molecule has 0 bridgehead atoms. The van der Waals surface area contributed by atoms with Gasteiger partial charge in [-0.1, -0.05) is 6.07 Å². The van der Waals surface area contributed by atoms with Gasteiger partial charge in [0.25, 0.3) is 0 Å². The van der Waals surface area contributed by atoms with E-state index < -0.39 is 0 Å². The molecule has 2 nitrogen and oxygen atoms in total. The predicted octanol–water partition coefficient (Wildman–Crippen LogP) is 2.38. The van der Waals surface area contributed by atoms with E-state index in [1.165, 1.54) is 12.8 Å². The maximum absolute atomic E-state index is 9.33. The first-order valence-electron chi connectivity index (χ1n) is 4.83. The molecular weight excluding hydrogens is 162 g/mol. The zero-order valence-electron chi connectivity index (χ0n) is 7.90. The molecule has 0 aromatic heterocycles. The fourth-order valence-electron chi connectivity index (χ4n) is 1.99. The fraction of sp³-hybridized carbons (Fsp3) is 0.455. The number of hydrogen-bond donors (Lipinski definition) is 1. The molecule has 1 N–H and O–H groups in total. The molecule has 1 saturated heterocycles. The average Bonchev–Trinajstić information content (AvgIpc) is 2.51. The molecule has 1 aliphatic heterocycles. The van der Waals surface area contributed by atoms with Crippen molar-refractivity contribution in [3.63, 3.8) is 0 Å². The summed E-state index contributed by atoms with van der Waals surface area (Å²) in [5.74, 6) is 0.358. The van der Waals surface area contributed by atoms with Crippen molar-refractivity contribution in [3.05, 3.63) is 24.3 Å². The van der Waals surface area contributed by atoms with Crippen LogP contribution in [0.15, 0.2) is 24.3 Å². The lowest BCUT2D eigenvalue weighted by Gasteiger charge is -2.23. The summed E-state index contributed by atoms with van der Waals surface area (Å²) in [5.41, 5.74) is 1.14. The Morgan fingerprint density at radius 3 is 2.92 bits per heavy atom. The summed E-state index contributed by atoms with van der Waals surface area (Å²) < 4.78 is 0. The first-order chi connectivity index (χ1) is 6.27. The molecule has 0 saturated carbocycles. The Kier molecular flexibility index (Phi) is 2.13. The Labute approximate surface area is 78.8 Å². The highest BCUT2D eigenvalue weighted by Crippen LogP contribution is 2.27. The maximum atomic E-state index is 9.33. The van der Waals surface area contributed by atoms with E-state index in [0.717, 1.165) is 12.2 Å². The van der Waals surface area contributed by atoms with Crippen LogP contribution in [0.4, 0.5) is 5.69 Å². The van der Waals surface area contributed by atoms with Crippen LogP contribution in [-0.4, -0.2) is 17.7 Å². The van der Waals surface area contributed by atoms with Crippen LogP contribution in [0.25, 0.3) is 0 Å². The van der Waals surface area contributed by atoms with Crippen molar-refractivity contribution in [2.45, 2.75) is 25.8 Å². The summed E-state index contributed by atoms with van der Waals surface area (Å²) in [6.45, 7) is 3.35. The molecule has 1 unspecified atom stereocenters. The third-order valence-electron chi connectivity index (χ3n) is 2.71. The number of phenols is 1. The first kappa shape index (κ1) is 8.42. The molecule has 0 amide bonds. The zero-order valence-corrected chi connectivity index (χ0v) is 7.90. The van der Waals surface area contributed by atoms with Crippen molar-refractivity contribution in [3.8, 4) is 5.75 Å². The predicted molar refractivity (Wildman–Crippen MR) is 54.1 cm³/mol. The van der Waals surface area contributed by atoms with Gasteiger partial charge in [-0.25, -0.2) is 0 Å². The molecule has 1 aromatic rings. The highest BCUT2D eigenvalue weighted by Gasteiger charge is 2.20. The molecule has 0 aliphatic carbocycles. The Morgan fingerprint density at radius 1 is 1.46 bits per heavy atom. The van der Waals surface area contributed by atoms with Gasteiger partial charge in [0.1, 0.15) is 5.75 Å². The number of anilines is 1. The number of benzene rings is 1. The van der Waals surface area contributed by atoms with Crippen molar-refractivity contribution in [2.24, 2.45) is 0 Å². The molecule has 1 atom stereocenters. The molecule has 70 valence electrons.